The van der Waals surface area contributed by atoms with E-state index in [1.54, 1.807) is 0 Å². The first-order valence-electron chi connectivity index (χ1n) is 5.84. The standard InChI is InChI=1S/C10H21NO4S/c12-7-9-15-8-3-6-11-16(13,14)10-4-1-2-5-10/h10-12H,1-9H2. The molecule has 0 aromatic carbocycles. The van der Waals surface area contributed by atoms with Crippen molar-refractivity contribution in [3.63, 3.8) is 0 Å². The van der Waals surface area contributed by atoms with E-state index in [4.69, 9.17) is 9.84 Å². The third-order valence-corrected chi connectivity index (χ3v) is 4.70. The van der Waals surface area contributed by atoms with Gasteiger partial charge in [0.1, 0.15) is 0 Å². The molecule has 0 heterocycles. The van der Waals surface area contributed by atoms with Crippen LogP contribution in [0.3, 0.4) is 0 Å². The van der Waals surface area contributed by atoms with Crippen LogP contribution >= 0.6 is 0 Å². The summed E-state index contributed by atoms with van der Waals surface area (Å²) in [7, 11) is -3.11. The Hall–Kier alpha value is -0.170. The molecule has 0 aromatic rings. The highest BCUT2D eigenvalue weighted by Crippen LogP contribution is 2.23. The van der Waals surface area contributed by atoms with Gasteiger partial charge in [-0.1, -0.05) is 12.8 Å². The third-order valence-electron chi connectivity index (χ3n) is 2.75. The molecule has 0 atom stereocenters. The molecule has 96 valence electrons. The van der Waals surface area contributed by atoms with Gasteiger partial charge in [-0.15, -0.1) is 0 Å². The zero-order valence-corrected chi connectivity index (χ0v) is 10.3. The van der Waals surface area contributed by atoms with Gasteiger partial charge < -0.3 is 9.84 Å². The fourth-order valence-corrected chi connectivity index (χ4v) is 3.49. The van der Waals surface area contributed by atoms with E-state index in [9.17, 15) is 8.42 Å². The van der Waals surface area contributed by atoms with Crippen molar-refractivity contribution < 1.29 is 18.3 Å². The lowest BCUT2D eigenvalue weighted by Crippen LogP contribution is -2.33. The largest absolute Gasteiger partial charge is 0.394 e. The smallest absolute Gasteiger partial charge is 0.214 e. The van der Waals surface area contributed by atoms with Crippen LogP contribution in [-0.2, 0) is 14.8 Å². The van der Waals surface area contributed by atoms with Gasteiger partial charge in [0.05, 0.1) is 18.5 Å². The minimum Gasteiger partial charge on any atom is -0.394 e. The molecule has 0 saturated heterocycles. The minimum absolute atomic E-state index is 0.00774. The van der Waals surface area contributed by atoms with Crippen molar-refractivity contribution in [1.29, 1.82) is 0 Å². The molecular weight excluding hydrogens is 230 g/mol. The maximum atomic E-state index is 11.7. The first kappa shape index (κ1) is 13.9. The summed E-state index contributed by atoms with van der Waals surface area (Å²) < 4.78 is 31.1. The van der Waals surface area contributed by atoms with Gasteiger partial charge in [0.2, 0.25) is 10.0 Å². The minimum atomic E-state index is -3.11. The SMILES string of the molecule is O=S(=O)(NCCCOCCO)C1CCCC1. The summed E-state index contributed by atoms with van der Waals surface area (Å²) >= 11 is 0. The van der Waals surface area contributed by atoms with Crippen LogP contribution in [-0.4, -0.2) is 45.1 Å². The number of nitrogens with one attached hydrogen (secondary N) is 1. The fraction of sp³-hybridized carbons (Fsp3) is 1.00. The molecular formula is C10H21NO4S. The number of hydrogen-bond acceptors (Lipinski definition) is 4. The number of aliphatic hydroxyl groups excluding tert-OH is 1. The Balaban J connectivity index is 2.11. The van der Waals surface area contributed by atoms with Crippen LogP contribution in [0.5, 0.6) is 0 Å². The molecule has 0 bridgehead atoms. The van der Waals surface area contributed by atoms with Gasteiger partial charge >= 0.3 is 0 Å². The predicted octanol–water partition coefficient (Wildman–Crippen LogP) is 0.247. The predicted molar refractivity (Wildman–Crippen MR) is 61.7 cm³/mol. The van der Waals surface area contributed by atoms with Crippen molar-refractivity contribution in [3.05, 3.63) is 0 Å². The van der Waals surface area contributed by atoms with Crippen LogP contribution in [0.25, 0.3) is 0 Å². The molecule has 2 N–H and O–H groups in total. The lowest BCUT2D eigenvalue weighted by atomic mass is 10.4. The Kier molecular flexibility index (Phi) is 6.26. The second kappa shape index (κ2) is 7.21. The van der Waals surface area contributed by atoms with E-state index >= 15 is 0 Å². The van der Waals surface area contributed by atoms with Crippen LogP contribution in [0.2, 0.25) is 0 Å². The summed E-state index contributed by atoms with van der Waals surface area (Å²) in [6.07, 6.45) is 4.26. The van der Waals surface area contributed by atoms with Gasteiger partial charge in [-0.2, -0.15) is 0 Å². The molecule has 1 aliphatic rings. The maximum absolute atomic E-state index is 11.7. The third kappa shape index (κ3) is 4.78. The van der Waals surface area contributed by atoms with Crippen molar-refractivity contribution >= 4 is 10.0 Å². The van der Waals surface area contributed by atoms with E-state index in [2.05, 4.69) is 4.72 Å². The number of rotatable bonds is 8. The van der Waals surface area contributed by atoms with Gasteiger partial charge in [0, 0.05) is 13.2 Å². The normalized spacial score (nSPS) is 18.1. The molecule has 0 radical (unpaired) electrons. The molecule has 1 saturated carbocycles. The second-order valence-electron chi connectivity index (χ2n) is 4.04. The van der Waals surface area contributed by atoms with E-state index < -0.39 is 10.0 Å². The molecule has 16 heavy (non-hydrogen) atoms. The summed E-state index contributed by atoms with van der Waals surface area (Å²) in [6, 6.07) is 0. The van der Waals surface area contributed by atoms with Crippen LogP contribution in [0.1, 0.15) is 32.1 Å². The topological polar surface area (TPSA) is 75.6 Å². The molecule has 0 aliphatic heterocycles. The van der Waals surface area contributed by atoms with Crippen LogP contribution < -0.4 is 4.72 Å². The number of ether oxygens (including phenoxy) is 1. The van der Waals surface area contributed by atoms with Gasteiger partial charge in [0.25, 0.3) is 0 Å². The summed E-state index contributed by atoms with van der Waals surface area (Å²) in [4.78, 5) is 0. The van der Waals surface area contributed by atoms with Gasteiger partial charge in [-0.3, -0.25) is 0 Å². The van der Waals surface area contributed by atoms with Crippen LogP contribution in [0, 0.1) is 0 Å². The summed E-state index contributed by atoms with van der Waals surface area (Å²) in [5.74, 6) is 0. The monoisotopic (exact) mass is 251 g/mol. The van der Waals surface area contributed by atoms with Gasteiger partial charge in [0.15, 0.2) is 0 Å². The second-order valence-corrected chi connectivity index (χ2v) is 6.08. The number of sulfonamides is 1. The van der Waals surface area contributed by atoms with E-state index in [0.29, 0.717) is 26.2 Å². The van der Waals surface area contributed by atoms with Crippen molar-refractivity contribution in [1.82, 2.24) is 4.72 Å². The van der Waals surface area contributed by atoms with E-state index in [0.717, 1.165) is 25.7 Å². The van der Waals surface area contributed by atoms with Crippen molar-refractivity contribution in [2.75, 3.05) is 26.4 Å². The summed E-state index contributed by atoms with van der Waals surface area (Å²) in [5, 5.41) is 8.27. The maximum Gasteiger partial charge on any atom is 0.214 e. The first-order chi connectivity index (χ1) is 7.67. The Labute approximate surface area is 97.2 Å². The molecule has 1 rings (SSSR count). The average molecular weight is 251 g/mol. The average Bonchev–Trinajstić information content (AvgIpc) is 2.77. The van der Waals surface area contributed by atoms with Crippen molar-refractivity contribution in [2.24, 2.45) is 0 Å². The molecule has 0 aromatic heterocycles. The summed E-state index contributed by atoms with van der Waals surface area (Å²) in [6.45, 7) is 1.22. The molecule has 0 unspecified atom stereocenters. The lowest BCUT2D eigenvalue weighted by molar-refractivity contribution is 0.0913. The zero-order valence-electron chi connectivity index (χ0n) is 9.52. The molecule has 0 spiro atoms. The quantitative estimate of drug-likeness (QED) is 0.606. The first-order valence-corrected chi connectivity index (χ1v) is 7.38. The lowest BCUT2D eigenvalue weighted by Gasteiger charge is -2.12. The Morgan fingerprint density at radius 2 is 1.94 bits per heavy atom. The zero-order chi connectivity index (χ0) is 11.9. The molecule has 6 heteroatoms. The van der Waals surface area contributed by atoms with E-state index in [1.165, 1.54) is 0 Å². The van der Waals surface area contributed by atoms with Gasteiger partial charge in [-0.25, -0.2) is 13.1 Å². The molecule has 1 aliphatic carbocycles. The summed E-state index contributed by atoms with van der Waals surface area (Å²) in [5.41, 5.74) is 0. The highest BCUT2D eigenvalue weighted by atomic mass is 32.2. The van der Waals surface area contributed by atoms with Crippen molar-refractivity contribution in [3.8, 4) is 0 Å². The van der Waals surface area contributed by atoms with E-state index in [1.807, 2.05) is 0 Å². The van der Waals surface area contributed by atoms with Crippen LogP contribution in [0.15, 0.2) is 0 Å². The Bertz CT molecular complexity index is 273. The Morgan fingerprint density at radius 1 is 1.25 bits per heavy atom. The van der Waals surface area contributed by atoms with Crippen LogP contribution in [0.4, 0.5) is 0 Å². The van der Waals surface area contributed by atoms with Crippen molar-refractivity contribution in [2.45, 2.75) is 37.4 Å². The fourth-order valence-electron chi connectivity index (χ4n) is 1.87. The highest BCUT2D eigenvalue weighted by Gasteiger charge is 2.27. The molecule has 1 fully saturated rings. The van der Waals surface area contributed by atoms with Gasteiger partial charge in [-0.05, 0) is 19.3 Å². The molecule has 0 amide bonds. The Morgan fingerprint density at radius 3 is 2.56 bits per heavy atom. The highest BCUT2D eigenvalue weighted by molar-refractivity contribution is 7.90. The number of hydrogen-bond donors (Lipinski definition) is 2. The molecule has 5 nitrogen and oxygen atoms in total. The number of aliphatic hydroxyl groups is 1. The van der Waals surface area contributed by atoms with E-state index in [-0.39, 0.29) is 11.9 Å².